The predicted molar refractivity (Wildman–Crippen MR) is 121 cm³/mol. The molecule has 1 heterocycles. The predicted octanol–water partition coefficient (Wildman–Crippen LogP) is 3.13. The van der Waals surface area contributed by atoms with Crippen molar-refractivity contribution in [3.05, 3.63) is 47.7 Å². The number of aliphatic carboxylic acids is 1. The van der Waals surface area contributed by atoms with Crippen LogP contribution in [-0.2, 0) is 27.9 Å². The lowest BCUT2D eigenvalue weighted by atomic mass is 9.87. The summed E-state index contributed by atoms with van der Waals surface area (Å²) in [4.78, 5) is 23.7. The standard InChI is InChI=1S/C24H33N3O4/c1-5-19(6-2)31-22-13-18(24(29)30)12-20(23(22)26-15(3)28)25-14-16-7-8-17-9-10-27(4)21(17)11-16/h7-11,13,19-20,22-23,25H,5-6,12,14H2,1-4H3,(H,26,28)(H,29,30)/t20-,22+,23+/m0/s1. The lowest BCUT2D eigenvalue weighted by Crippen LogP contribution is -2.58. The maximum atomic E-state index is 11.9. The lowest BCUT2D eigenvalue weighted by molar-refractivity contribution is -0.133. The van der Waals surface area contributed by atoms with Crippen molar-refractivity contribution in [2.45, 2.75) is 70.9 Å². The van der Waals surface area contributed by atoms with E-state index in [1.165, 1.54) is 12.3 Å². The van der Waals surface area contributed by atoms with Gasteiger partial charge in [-0.2, -0.15) is 0 Å². The van der Waals surface area contributed by atoms with Gasteiger partial charge in [-0.25, -0.2) is 4.79 Å². The topological polar surface area (TPSA) is 92.6 Å². The monoisotopic (exact) mass is 427 g/mol. The summed E-state index contributed by atoms with van der Waals surface area (Å²) in [7, 11) is 2.01. The number of hydrogen-bond acceptors (Lipinski definition) is 4. The second-order valence-corrected chi connectivity index (χ2v) is 8.27. The van der Waals surface area contributed by atoms with E-state index < -0.39 is 12.1 Å². The number of benzene rings is 1. The van der Waals surface area contributed by atoms with Crippen molar-refractivity contribution in [2.24, 2.45) is 7.05 Å². The number of ether oxygens (including phenoxy) is 1. The largest absolute Gasteiger partial charge is 0.478 e. The molecule has 1 aromatic heterocycles. The number of amides is 1. The summed E-state index contributed by atoms with van der Waals surface area (Å²) >= 11 is 0. The van der Waals surface area contributed by atoms with Crippen LogP contribution in [0.2, 0.25) is 0 Å². The van der Waals surface area contributed by atoms with Crippen molar-refractivity contribution in [1.82, 2.24) is 15.2 Å². The van der Waals surface area contributed by atoms with Gasteiger partial charge in [0, 0.05) is 43.8 Å². The Balaban J connectivity index is 1.83. The first-order chi connectivity index (χ1) is 14.8. The molecule has 1 amide bonds. The zero-order chi connectivity index (χ0) is 22.5. The van der Waals surface area contributed by atoms with E-state index in [2.05, 4.69) is 39.5 Å². The minimum atomic E-state index is -0.948. The van der Waals surface area contributed by atoms with Gasteiger partial charge in [0.05, 0.1) is 18.2 Å². The molecule has 7 nitrogen and oxygen atoms in total. The Morgan fingerprint density at radius 1 is 1.26 bits per heavy atom. The highest BCUT2D eigenvalue weighted by molar-refractivity contribution is 5.87. The molecular formula is C24H33N3O4. The Hall–Kier alpha value is -2.64. The Morgan fingerprint density at radius 2 is 2.00 bits per heavy atom. The number of hydrogen-bond donors (Lipinski definition) is 3. The van der Waals surface area contributed by atoms with E-state index in [0.717, 1.165) is 23.9 Å². The Morgan fingerprint density at radius 3 is 2.65 bits per heavy atom. The van der Waals surface area contributed by atoms with Gasteiger partial charge in [-0.15, -0.1) is 0 Å². The zero-order valence-corrected chi connectivity index (χ0v) is 18.7. The molecule has 3 rings (SSSR count). The molecule has 1 aliphatic carbocycles. The molecule has 0 saturated heterocycles. The fourth-order valence-electron chi connectivity index (χ4n) is 4.23. The number of carboxylic acid groups (broad SMARTS) is 1. The van der Waals surface area contributed by atoms with E-state index in [1.807, 2.05) is 27.1 Å². The third-order valence-electron chi connectivity index (χ3n) is 6.02. The van der Waals surface area contributed by atoms with Gasteiger partial charge in [0.25, 0.3) is 0 Å². The molecule has 1 aliphatic rings. The van der Waals surface area contributed by atoms with Gasteiger partial charge < -0.3 is 25.0 Å². The average Bonchev–Trinajstić information content (AvgIpc) is 3.11. The minimum Gasteiger partial charge on any atom is -0.478 e. The molecule has 7 heteroatoms. The molecule has 0 spiro atoms. The van der Waals surface area contributed by atoms with Crippen molar-refractivity contribution >= 4 is 22.8 Å². The van der Waals surface area contributed by atoms with Gasteiger partial charge in [-0.3, -0.25) is 4.79 Å². The van der Waals surface area contributed by atoms with Gasteiger partial charge in [0.1, 0.15) is 0 Å². The first kappa shape index (κ1) is 23.0. The number of carboxylic acids is 1. The molecule has 0 fully saturated rings. The van der Waals surface area contributed by atoms with Crippen molar-refractivity contribution < 1.29 is 19.4 Å². The van der Waals surface area contributed by atoms with Crippen molar-refractivity contribution in [1.29, 1.82) is 0 Å². The molecule has 31 heavy (non-hydrogen) atoms. The first-order valence-corrected chi connectivity index (χ1v) is 11.0. The summed E-state index contributed by atoms with van der Waals surface area (Å²) in [6.07, 6.45) is 5.16. The number of fused-ring (bicyclic) bond motifs is 1. The van der Waals surface area contributed by atoms with Crippen LogP contribution >= 0.6 is 0 Å². The summed E-state index contributed by atoms with van der Waals surface area (Å²) < 4.78 is 8.30. The number of carbonyl (C=O) groups excluding carboxylic acids is 1. The summed E-state index contributed by atoms with van der Waals surface area (Å²) in [5, 5.41) is 17.3. The number of nitrogens with one attached hydrogen (secondary N) is 2. The van der Waals surface area contributed by atoms with Crippen LogP contribution in [0.5, 0.6) is 0 Å². The maximum absolute atomic E-state index is 11.9. The number of nitrogens with zero attached hydrogens (tertiary/aromatic N) is 1. The van der Waals surface area contributed by atoms with Crippen molar-refractivity contribution in [3.63, 3.8) is 0 Å². The molecule has 1 aromatic carbocycles. The number of rotatable bonds is 9. The van der Waals surface area contributed by atoms with Crippen LogP contribution in [0.3, 0.4) is 0 Å². The quantitative estimate of drug-likeness (QED) is 0.572. The highest BCUT2D eigenvalue weighted by Gasteiger charge is 2.37. The molecule has 3 atom stereocenters. The summed E-state index contributed by atoms with van der Waals surface area (Å²) in [5.74, 6) is -1.11. The molecule has 0 aliphatic heterocycles. The van der Waals surface area contributed by atoms with E-state index >= 15 is 0 Å². The molecule has 0 radical (unpaired) electrons. The van der Waals surface area contributed by atoms with Crippen LogP contribution in [0.25, 0.3) is 10.9 Å². The van der Waals surface area contributed by atoms with Crippen LogP contribution in [0, 0.1) is 0 Å². The van der Waals surface area contributed by atoms with Crippen LogP contribution in [-0.4, -0.2) is 45.8 Å². The second kappa shape index (κ2) is 10.1. The van der Waals surface area contributed by atoms with Crippen LogP contribution < -0.4 is 10.6 Å². The van der Waals surface area contributed by atoms with Crippen LogP contribution in [0.1, 0.15) is 45.6 Å². The van der Waals surface area contributed by atoms with Crippen LogP contribution in [0.15, 0.2) is 42.1 Å². The number of aryl methyl sites for hydroxylation is 1. The SMILES string of the molecule is CCC(CC)O[C@@H]1C=C(C(=O)O)C[C@H](NCc2ccc3ccn(C)c3c2)[C@H]1NC(C)=O. The fourth-order valence-corrected chi connectivity index (χ4v) is 4.23. The van der Waals surface area contributed by atoms with Crippen molar-refractivity contribution in [2.75, 3.05) is 0 Å². The van der Waals surface area contributed by atoms with Gasteiger partial charge in [-0.05, 0) is 48.4 Å². The first-order valence-electron chi connectivity index (χ1n) is 11.0. The van der Waals surface area contributed by atoms with Gasteiger partial charge >= 0.3 is 5.97 Å². The minimum absolute atomic E-state index is 0.00560. The van der Waals surface area contributed by atoms with Gasteiger partial charge in [0.15, 0.2) is 0 Å². The van der Waals surface area contributed by atoms with E-state index in [9.17, 15) is 14.7 Å². The molecule has 0 bridgehead atoms. The third-order valence-corrected chi connectivity index (χ3v) is 6.02. The maximum Gasteiger partial charge on any atom is 0.331 e. The summed E-state index contributed by atoms with van der Waals surface area (Å²) in [6.45, 7) is 6.13. The molecule has 2 aromatic rings. The van der Waals surface area contributed by atoms with Gasteiger partial charge in [0.2, 0.25) is 5.91 Å². The Kier molecular flexibility index (Phi) is 7.51. The number of carbonyl (C=O) groups is 2. The van der Waals surface area contributed by atoms with Crippen molar-refractivity contribution in [3.8, 4) is 0 Å². The average molecular weight is 428 g/mol. The summed E-state index contributed by atoms with van der Waals surface area (Å²) in [6, 6.07) is 7.75. The van der Waals surface area contributed by atoms with E-state index in [1.54, 1.807) is 6.08 Å². The van der Waals surface area contributed by atoms with Crippen LogP contribution in [0.4, 0.5) is 0 Å². The van der Waals surface area contributed by atoms with E-state index in [-0.39, 0.29) is 24.1 Å². The second-order valence-electron chi connectivity index (χ2n) is 8.27. The molecule has 168 valence electrons. The lowest BCUT2D eigenvalue weighted by Gasteiger charge is -2.38. The molecule has 0 saturated carbocycles. The molecule has 0 unspecified atom stereocenters. The Bertz CT molecular complexity index is 961. The van der Waals surface area contributed by atoms with Gasteiger partial charge in [-0.1, -0.05) is 26.0 Å². The zero-order valence-electron chi connectivity index (χ0n) is 18.7. The fraction of sp³-hybridized carbons (Fsp3) is 0.500. The van der Waals surface area contributed by atoms with E-state index in [0.29, 0.717) is 18.5 Å². The Labute approximate surface area is 183 Å². The smallest absolute Gasteiger partial charge is 0.331 e. The van der Waals surface area contributed by atoms with E-state index in [4.69, 9.17) is 4.74 Å². The molecule has 3 N–H and O–H groups in total. The normalized spacial score (nSPS) is 21.3. The molecular weight excluding hydrogens is 394 g/mol. The highest BCUT2D eigenvalue weighted by Crippen LogP contribution is 2.25. The summed E-state index contributed by atoms with van der Waals surface area (Å²) in [5.41, 5.74) is 2.55. The number of aromatic nitrogens is 1. The third kappa shape index (κ3) is 5.54. The highest BCUT2D eigenvalue weighted by atomic mass is 16.5.